The molecule has 0 saturated heterocycles. The van der Waals surface area contributed by atoms with Gasteiger partial charge in [0.05, 0.1) is 0 Å². The Labute approximate surface area is 97.5 Å². The Morgan fingerprint density at radius 2 is 2.31 bits per heavy atom. The molecule has 0 spiro atoms. The van der Waals surface area contributed by atoms with Gasteiger partial charge < -0.3 is 15.7 Å². The first kappa shape index (κ1) is 12.7. The van der Waals surface area contributed by atoms with Crippen LogP contribution in [0.1, 0.15) is 11.8 Å². The molecule has 0 aliphatic rings. The number of amides is 1. The minimum absolute atomic E-state index is 0.215. The van der Waals surface area contributed by atoms with E-state index in [0.717, 1.165) is 4.88 Å². The summed E-state index contributed by atoms with van der Waals surface area (Å²) < 4.78 is 0. The first-order valence-electron chi connectivity index (χ1n) is 4.82. The minimum Gasteiger partial charge on any atom is -0.480 e. The fourth-order valence-corrected chi connectivity index (χ4v) is 1.87. The normalized spacial score (nSPS) is 12.1. The van der Waals surface area contributed by atoms with Gasteiger partial charge in [-0.25, -0.2) is 4.79 Å². The SMILES string of the molecule is CC(=O)NC(CNCc1cccs1)C(=O)O. The maximum absolute atomic E-state index is 10.8. The Balaban J connectivity index is 2.32. The second kappa shape index (κ2) is 6.24. The predicted octanol–water partition coefficient (Wildman–Crippen LogP) is 0.427. The maximum atomic E-state index is 10.8. The Morgan fingerprint density at radius 1 is 1.56 bits per heavy atom. The van der Waals surface area contributed by atoms with E-state index in [9.17, 15) is 9.59 Å². The van der Waals surface area contributed by atoms with Crippen molar-refractivity contribution in [2.75, 3.05) is 6.54 Å². The highest BCUT2D eigenvalue weighted by atomic mass is 32.1. The van der Waals surface area contributed by atoms with E-state index in [2.05, 4.69) is 10.6 Å². The molecule has 0 fully saturated rings. The largest absolute Gasteiger partial charge is 0.480 e. The third-order valence-corrected chi connectivity index (χ3v) is 2.78. The van der Waals surface area contributed by atoms with Gasteiger partial charge in [0.15, 0.2) is 0 Å². The number of carboxylic acids is 1. The number of hydrogen-bond donors (Lipinski definition) is 3. The molecule has 16 heavy (non-hydrogen) atoms. The highest BCUT2D eigenvalue weighted by Crippen LogP contribution is 2.07. The van der Waals surface area contributed by atoms with E-state index < -0.39 is 12.0 Å². The van der Waals surface area contributed by atoms with Crippen LogP contribution in [0.15, 0.2) is 17.5 Å². The summed E-state index contributed by atoms with van der Waals surface area (Å²) in [6.45, 7) is 2.13. The van der Waals surface area contributed by atoms with Crippen molar-refractivity contribution in [3.8, 4) is 0 Å². The first-order valence-corrected chi connectivity index (χ1v) is 5.70. The molecule has 1 atom stereocenters. The Bertz CT molecular complexity index is 351. The van der Waals surface area contributed by atoms with Gasteiger partial charge >= 0.3 is 5.97 Å². The zero-order valence-corrected chi connectivity index (χ0v) is 9.71. The van der Waals surface area contributed by atoms with E-state index in [4.69, 9.17) is 5.11 Å². The number of carbonyl (C=O) groups excluding carboxylic acids is 1. The van der Waals surface area contributed by atoms with Crippen LogP contribution in [0.5, 0.6) is 0 Å². The second-order valence-electron chi connectivity index (χ2n) is 3.30. The first-order chi connectivity index (χ1) is 7.59. The standard InChI is InChI=1S/C10H14N2O3S/c1-7(13)12-9(10(14)15)6-11-5-8-3-2-4-16-8/h2-4,9,11H,5-6H2,1H3,(H,12,13)(H,14,15). The van der Waals surface area contributed by atoms with Crippen molar-refractivity contribution in [2.24, 2.45) is 0 Å². The van der Waals surface area contributed by atoms with Gasteiger partial charge in [0.25, 0.3) is 0 Å². The second-order valence-corrected chi connectivity index (χ2v) is 4.33. The van der Waals surface area contributed by atoms with Crippen LogP contribution in [0.25, 0.3) is 0 Å². The number of hydrogen-bond acceptors (Lipinski definition) is 4. The molecule has 5 nitrogen and oxygen atoms in total. The Kier molecular flexibility index (Phi) is 4.94. The molecule has 1 aromatic heterocycles. The quantitative estimate of drug-likeness (QED) is 0.676. The molecule has 0 aliphatic carbocycles. The molecule has 3 N–H and O–H groups in total. The van der Waals surface area contributed by atoms with Crippen molar-refractivity contribution < 1.29 is 14.7 Å². The molecule has 1 unspecified atom stereocenters. The lowest BCUT2D eigenvalue weighted by Gasteiger charge is -2.13. The summed E-state index contributed by atoms with van der Waals surface area (Å²) >= 11 is 1.60. The number of nitrogens with one attached hydrogen (secondary N) is 2. The van der Waals surface area contributed by atoms with Gasteiger partial charge in [-0.05, 0) is 11.4 Å². The lowest BCUT2D eigenvalue weighted by atomic mass is 10.3. The molecular weight excluding hydrogens is 228 g/mol. The van der Waals surface area contributed by atoms with Gasteiger partial charge in [0.1, 0.15) is 6.04 Å². The Hall–Kier alpha value is -1.40. The lowest BCUT2D eigenvalue weighted by molar-refractivity contribution is -0.141. The number of aliphatic carboxylic acids is 1. The minimum atomic E-state index is -1.03. The fourth-order valence-electron chi connectivity index (χ4n) is 1.20. The molecule has 1 heterocycles. The van der Waals surface area contributed by atoms with Crippen molar-refractivity contribution in [3.05, 3.63) is 22.4 Å². The van der Waals surface area contributed by atoms with Gasteiger partial charge in [-0.3, -0.25) is 4.79 Å². The van der Waals surface area contributed by atoms with Crippen LogP contribution in [0.4, 0.5) is 0 Å². The van der Waals surface area contributed by atoms with E-state index in [1.807, 2.05) is 17.5 Å². The van der Waals surface area contributed by atoms with Crippen LogP contribution < -0.4 is 10.6 Å². The Morgan fingerprint density at radius 3 is 2.81 bits per heavy atom. The predicted molar refractivity (Wildman–Crippen MR) is 61.3 cm³/mol. The number of rotatable bonds is 6. The highest BCUT2D eigenvalue weighted by Gasteiger charge is 2.17. The maximum Gasteiger partial charge on any atom is 0.327 e. The molecular formula is C10H14N2O3S. The average molecular weight is 242 g/mol. The van der Waals surface area contributed by atoms with Gasteiger partial charge in [0, 0.05) is 24.9 Å². The van der Waals surface area contributed by atoms with Crippen LogP contribution in [0.2, 0.25) is 0 Å². The summed E-state index contributed by atoms with van der Waals surface area (Å²) in [6.07, 6.45) is 0. The molecule has 1 amide bonds. The third-order valence-electron chi connectivity index (χ3n) is 1.90. The summed E-state index contributed by atoms with van der Waals surface area (Å²) in [6, 6.07) is 3.02. The van der Waals surface area contributed by atoms with E-state index in [1.165, 1.54) is 6.92 Å². The molecule has 0 aromatic carbocycles. The molecule has 0 radical (unpaired) electrons. The number of thiophene rings is 1. The van der Waals surface area contributed by atoms with Crippen molar-refractivity contribution >= 4 is 23.2 Å². The fraction of sp³-hybridized carbons (Fsp3) is 0.400. The van der Waals surface area contributed by atoms with E-state index in [-0.39, 0.29) is 12.5 Å². The van der Waals surface area contributed by atoms with Crippen LogP contribution in [0.3, 0.4) is 0 Å². The summed E-state index contributed by atoms with van der Waals surface area (Å²) in [5.41, 5.74) is 0. The zero-order chi connectivity index (χ0) is 12.0. The average Bonchev–Trinajstić information content (AvgIpc) is 2.68. The summed E-state index contributed by atoms with van der Waals surface area (Å²) in [5, 5.41) is 16.1. The van der Waals surface area contributed by atoms with Gasteiger partial charge in [0.2, 0.25) is 5.91 Å². The van der Waals surface area contributed by atoms with Crippen molar-refractivity contribution in [2.45, 2.75) is 19.5 Å². The van der Waals surface area contributed by atoms with Crippen LogP contribution in [0, 0.1) is 0 Å². The van der Waals surface area contributed by atoms with Crippen molar-refractivity contribution in [1.82, 2.24) is 10.6 Å². The molecule has 0 saturated carbocycles. The zero-order valence-electron chi connectivity index (χ0n) is 8.90. The van der Waals surface area contributed by atoms with E-state index in [0.29, 0.717) is 6.54 Å². The molecule has 88 valence electrons. The van der Waals surface area contributed by atoms with Gasteiger partial charge in [-0.15, -0.1) is 11.3 Å². The number of carbonyl (C=O) groups is 2. The van der Waals surface area contributed by atoms with Crippen molar-refractivity contribution in [1.29, 1.82) is 0 Å². The molecule has 0 aliphatic heterocycles. The molecule has 6 heteroatoms. The highest BCUT2D eigenvalue weighted by molar-refractivity contribution is 7.09. The monoisotopic (exact) mass is 242 g/mol. The van der Waals surface area contributed by atoms with E-state index >= 15 is 0 Å². The van der Waals surface area contributed by atoms with E-state index in [1.54, 1.807) is 11.3 Å². The lowest BCUT2D eigenvalue weighted by Crippen LogP contribution is -2.46. The molecule has 1 rings (SSSR count). The summed E-state index contributed by atoms with van der Waals surface area (Å²) in [5.74, 6) is -1.38. The van der Waals surface area contributed by atoms with Crippen LogP contribution in [-0.4, -0.2) is 29.6 Å². The van der Waals surface area contributed by atoms with Gasteiger partial charge in [-0.1, -0.05) is 6.07 Å². The molecule has 0 bridgehead atoms. The summed E-state index contributed by atoms with van der Waals surface area (Å²) in [7, 11) is 0. The van der Waals surface area contributed by atoms with Crippen LogP contribution >= 0.6 is 11.3 Å². The number of carboxylic acid groups (broad SMARTS) is 1. The van der Waals surface area contributed by atoms with Crippen molar-refractivity contribution in [3.63, 3.8) is 0 Å². The smallest absolute Gasteiger partial charge is 0.327 e. The topological polar surface area (TPSA) is 78.4 Å². The third kappa shape index (κ3) is 4.41. The molecule has 1 aromatic rings. The van der Waals surface area contributed by atoms with Crippen LogP contribution in [-0.2, 0) is 16.1 Å². The van der Waals surface area contributed by atoms with Gasteiger partial charge in [-0.2, -0.15) is 0 Å². The summed E-state index contributed by atoms with van der Waals surface area (Å²) in [4.78, 5) is 22.7.